The Hall–Kier alpha value is -1.93. The summed E-state index contributed by atoms with van der Waals surface area (Å²) in [5.74, 6) is -0.249. The van der Waals surface area contributed by atoms with Gasteiger partial charge in [0.15, 0.2) is 5.58 Å². The Kier molecular flexibility index (Phi) is 5.55. The monoisotopic (exact) mass is 433 g/mol. The number of halogens is 5. The van der Waals surface area contributed by atoms with E-state index in [0.29, 0.717) is 10.3 Å². The smallest absolute Gasteiger partial charge is 0.431 e. The molecule has 9 heteroatoms. The minimum absolute atomic E-state index is 0.00480. The van der Waals surface area contributed by atoms with Crippen molar-refractivity contribution in [3.05, 3.63) is 56.9 Å². The zero-order valence-corrected chi connectivity index (χ0v) is 16.7. The molecule has 2 heterocycles. The fraction of sp³-hybridized carbons (Fsp3) is 0.316. The number of furan rings is 1. The van der Waals surface area contributed by atoms with Crippen LogP contribution in [-0.2, 0) is 13.2 Å². The lowest BCUT2D eigenvalue weighted by molar-refractivity contribution is -0.143. The highest BCUT2D eigenvalue weighted by Gasteiger charge is 2.34. The SMILES string of the molecule is CCC(SC)c1cc2c(-c3ccc(C(F)(F)F)n(C)c3=O)c(F)cc(Cl)c2o1. The van der Waals surface area contributed by atoms with Gasteiger partial charge in [0, 0.05) is 18.0 Å². The largest absolute Gasteiger partial charge is 0.458 e. The molecule has 150 valence electrons. The Balaban J connectivity index is 2.32. The highest BCUT2D eigenvalue weighted by molar-refractivity contribution is 7.98. The fourth-order valence-electron chi connectivity index (χ4n) is 3.18. The molecule has 0 aliphatic carbocycles. The third-order valence-corrected chi connectivity index (χ3v) is 5.98. The van der Waals surface area contributed by atoms with E-state index in [9.17, 15) is 22.4 Å². The molecule has 0 N–H and O–H groups in total. The number of aromatic nitrogens is 1. The number of alkyl halides is 3. The first-order valence-electron chi connectivity index (χ1n) is 8.32. The van der Waals surface area contributed by atoms with Gasteiger partial charge in [0.2, 0.25) is 0 Å². The Bertz CT molecular complexity index is 1100. The summed E-state index contributed by atoms with van der Waals surface area (Å²) in [7, 11) is 1.00. The molecule has 0 aliphatic heterocycles. The number of pyridine rings is 1. The van der Waals surface area contributed by atoms with Gasteiger partial charge in [-0.15, -0.1) is 0 Å². The lowest BCUT2D eigenvalue weighted by Crippen LogP contribution is -2.26. The lowest BCUT2D eigenvalue weighted by atomic mass is 10.0. The van der Waals surface area contributed by atoms with E-state index in [1.165, 1.54) is 11.8 Å². The van der Waals surface area contributed by atoms with Crippen LogP contribution in [0.3, 0.4) is 0 Å². The van der Waals surface area contributed by atoms with E-state index < -0.39 is 23.2 Å². The topological polar surface area (TPSA) is 35.1 Å². The molecule has 2 aromatic heterocycles. The van der Waals surface area contributed by atoms with Crippen molar-refractivity contribution in [3.8, 4) is 11.1 Å². The highest BCUT2D eigenvalue weighted by Crippen LogP contribution is 2.41. The van der Waals surface area contributed by atoms with E-state index in [0.717, 1.165) is 31.7 Å². The first-order chi connectivity index (χ1) is 13.1. The number of benzene rings is 1. The van der Waals surface area contributed by atoms with E-state index in [1.807, 2.05) is 13.2 Å². The molecule has 1 atom stereocenters. The van der Waals surface area contributed by atoms with Gasteiger partial charge in [0.05, 0.1) is 15.8 Å². The second-order valence-corrected chi connectivity index (χ2v) is 7.68. The average Bonchev–Trinajstić information content (AvgIpc) is 3.04. The van der Waals surface area contributed by atoms with Crippen LogP contribution in [-0.4, -0.2) is 10.8 Å². The molecule has 0 radical (unpaired) electrons. The molecule has 0 spiro atoms. The summed E-state index contributed by atoms with van der Waals surface area (Å²) < 4.78 is 60.2. The molecule has 0 saturated heterocycles. The average molecular weight is 434 g/mol. The Morgan fingerprint density at radius 2 is 1.96 bits per heavy atom. The minimum atomic E-state index is -4.70. The van der Waals surface area contributed by atoms with Crippen LogP contribution in [0, 0.1) is 5.82 Å². The summed E-state index contributed by atoms with van der Waals surface area (Å²) in [6.45, 7) is 1.96. The van der Waals surface area contributed by atoms with Gasteiger partial charge in [0.1, 0.15) is 17.3 Å². The van der Waals surface area contributed by atoms with Crippen LogP contribution in [0.25, 0.3) is 22.1 Å². The summed E-state index contributed by atoms with van der Waals surface area (Å²) in [6, 6.07) is 4.34. The molecule has 0 saturated carbocycles. The van der Waals surface area contributed by atoms with Crippen LogP contribution in [0.2, 0.25) is 5.02 Å². The summed E-state index contributed by atoms with van der Waals surface area (Å²) in [5.41, 5.74) is -2.20. The van der Waals surface area contributed by atoms with Crippen molar-refractivity contribution in [2.45, 2.75) is 24.8 Å². The maximum absolute atomic E-state index is 14.8. The summed E-state index contributed by atoms with van der Waals surface area (Å²) in [6.07, 6.45) is -2.05. The number of fused-ring (bicyclic) bond motifs is 1. The summed E-state index contributed by atoms with van der Waals surface area (Å²) in [5, 5.41) is 0.279. The van der Waals surface area contributed by atoms with Crippen LogP contribution in [0.5, 0.6) is 0 Å². The third-order valence-electron chi connectivity index (χ3n) is 4.57. The van der Waals surface area contributed by atoms with E-state index in [-0.39, 0.29) is 32.4 Å². The number of thioether (sulfide) groups is 1. The number of hydrogen-bond donors (Lipinski definition) is 0. The molecule has 1 aromatic carbocycles. The van der Waals surface area contributed by atoms with Crippen LogP contribution in [0.4, 0.5) is 17.6 Å². The van der Waals surface area contributed by atoms with Crippen molar-refractivity contribution in [1.29, 1.82) is 0 Å². The standard InChI is InChI=1S/C19H16ClF4NO2S/c1-4-14(28-3)13-7-10-16(12(21)8-11(20)17(10)27-13)9-5-6-15(19(22,23)24)25(2)18(9)26/h5-8,14H,4H2,1-3H3. The van der Waals surface area contributed by atoms with Gasteiger partial charge < -0.3 is 8.98 Å². The molecule has 1 unspecified atom stereocenters. The van der Waals surface area contributed by atoms with Gasteiger partial charge in [0.25, 0.3) is 5.56 Å². The molecule has 0 amide bonds. The second-order valence-electron chi connectivity index (χ2n) is 6.23. The zero-order valence-electron chi connectivity index (χ0n) is 15.2. The first-order valence-corrected chi connectivity index (χ1v) is 9.98. The van der Waals surface area contributed by atoms with Crippen LogP contribution in [0.15, 0.2) is 33.5 Å². The molecule has 3 nitrogen and oxygen atoms in total. The van der Waals surface area contributed by atoms with Gasteiger partial charge >= 0.3 is 6.18 Å². The van der Waals surface area contributed by atoms with Crippen LogP contribution in [0.1, 0.15) is 30.0 Å². The molecular formula is C19H16ClF4NO2S. The Morgan fingerprint density at radius 1 is 1.29 bits per heavy atom. The van der Waals surface area contributed by atoms with E-state index in [1.54, 1.807) is 6.07 Å². The molecular weight excluding hydrogens is 418 g/mol. The molecule has 28 heavy (non-hydrogen) atoms. The van der Waals surface area contributed by atoms with Crippen molar-refractivity contribution in [2.24, 2.45) is 7.05 Å². The van der Waals surface area contributed by atoms with Crippen molar-refractivity contribution in [3.63, 3.8) is 0 Å². The van der Waals surface area contributed by atoms with E-state index in [4.69, 9.17) is 16.0 Å². The number of rotatable bonds is 4. The molecule has 0 aliphatic rings. The van der Waals surface area contributed by atoms with Crippen LogP contribution >= 0.6 is 23.4 Å². The predicted octanol–water partition coefficient (Wildman–Crippen LogP) is 6.42. The summed E-state index contributed by atoms with van der Waals surface area (Å²) >= 11 is 7.65. The highest BCUT2D eigenvalue weighted by atomic mass is 35.5. The maximum atomic E-state index is 14.8. The van der Waals surface area contributed by atoms with Gasteiger partial charge in [-0.25, -0.2) is 4.39 Å². The quantitative estimate of drug-likeness (QED) is 0.445. The normalized spacial score (nSPS) is 13.3. The van der Waals surface area contributed by atoms with Crippen molar-refractivity contribution < 1.29 is 22.0 Å². The Morgan fingerprint density at radius 3 is 2.54 bits per heavy atom. The minimum Gasteiger partial charge on any atom is -0.458 e. The van der Waals surface area contributed by atoms with Crippen LogP contribution < -0.4 is 5.56 Å². The molecule has 0 bridgehead atoms. The lowest BCUT2D eigenvalue weighted by Gasteiger charge is -2.13. The molecule has 0 fully saturated rings. The second kappa shape index (κ2) is 7.48. The number of nitrogens with zero attached hydrogens (tertiary/aromatic N) is 1. The molecule has 3 rings (SSSR count). The fourth-order valence-corrected chi connectivity index (χ4v) is 4.10. The maximum Gasteiger partial charge on any atom is 0.431 e. The van der Waals surface area contributed by atoms with Gasteiger partial charge in [-0.1, -0.05) is 18.5 Å². The van der Waals surface area contributed by atoms with Crippen molar-refractivity contribution in [1.82, 2.24) is 4.57 Å². The Labute approximate surface area is 167 Å². The third kappa shape index (κ3) is 3.43. The van der Waals surface area contributed by atoms with Crippen molar-refractivity contribution >= 4 is 34.3 Å². The predicted molar refractivity (Wildman–Crippen MR) is 103 cm³/mol. The van der Waals surface area contributed by atoms with E-state index >= 15 is 0 Å². The zero-order chi connectivity index (χ0) is 20.8. The number of hydrogen-bond acceptors (Lipinski definition) is 3. The summed E-state index contributed by atoms with van der Waals surface area (Å²) in [4.78, 5) is 12.6. The van der Waals surface area contributed by atoms with Gasteiger partial charge in [-0.05, 0) is 36.9 Å². The molecule has 3 aromatic rings. The van der Waals surface area contributed by atoms with Gasteiger partial charge in [-0.3, -0.25) is 4.79 Å². The van der Waals surface area contributed by atoms with Crippen molar-refractivity contribution in [2.75, 3.05) is 6.26 Å². The van der Waals surface area contributed by atoms with E-state index in [2.05, 4.69) is 0 Å². The first kappa shape index (κ1) is 20.8. The van der Waals surface area contributed by atoms with Gasteiger partial charge in [-0.2, -0.15) is 24.9 Å².